The summed E-state index contributed by atoms with van der Waals surface area (Å²) in [5, 5.41) is 3.07. The summed E-state index contributed by atoms with van der Waals surface area (Å²) in [7, 11) is 1.55. The van der Waals surface area contributed by atoms with E-state index in [1.165, 1.54) is 0 Å². The molecule has 0 bridgehead atoms. The molecule has 142 valence electrons. The third-order valence-corrected chi connectivity index (χ3v) is 4.79. The predicted octanol–water partition coefficient (Wildman–Crippen LogP) is 2.17. The second-order valence-corrected chi connectivity index (χ2v) is 6.76. The van der Waals surface area contributed by atoms with E-state index in [2.05, 4.69) is 25.3 Å². The van der Waals surface area contributed by atoms with Crippen molar-refractivity contribution >= 4 is 11.9 Å². The SMILES string of the molecule is COc1cncc(-c2cc(C)ccc2[C@H]2Cc3nc(N)nc(C)c3C(=O)N2)n1. The molecule has 1 aliphatic rings. The van der Waals surface area contributed by atoms with Gasteiger partial charge in [-0.25, -0.2) is 15.0 Å². The fraction of sp³-hybridized carbons (Fsp3) is 0.250. The number of nitrogens with two attached hydrogens (primary N) is 1. The van der Waals surface area contributed by atoms with Crippen molar-refractivity contribution in [1.82, 2.24) is 25.3 Å². The summed E-state index contributed by atoms with van der Waals surface area (Å²) >= 11 is 0. The number of ether oxygens (including phenoxy) is 1. The van der Waals surface area contributed by atoms with Crippen molar-refractivity contribution in [2.24, 2.45) is 0 Å². The lowest BCUT2D eigenvalue weighted by molar-refractivity contribution is 0.0922. The average Bonchev–Trinajstić information content (AvgIpc) is 2.67. The van der Waals surface area contributed by atoms with Gasteiger partial charge in [0.25, 0.3) is 5.91 Å². The van der Waals surface area contributed by atoms with Crippen LogP contribution < -0.4 is 15.8 Å². The van der Waals surface area contributed by atoms with Gasteiger partial charge in [-0.15, -0.1) is 0 Å². The molecule has 8 nitrogen and oxygen atoms in total. The van der Waals surface area contributed by atoms with Crippen LogP contribution in [0.25, 0.3) is 11.3 Å². The predicted molar refractivity (Wildman–Crippen MR) is 104 cm³/mol. The first kappa shape index (κ1) is 17.8. The first-order valence-electron chi connectivity index (χ1n) is 8.87. The number of carbonyl (C=O) groups excluding carboxylic acids is 1. The molecule has 1 amide bonds. The number of aryl methyl sites for hydroxylation is 2. The number of fused-ring (bicyclic) bond motifs is 1. The molecule has 3 heterocycles. The zero-order chi connectivity index (χ0) is 19.8. The monoisotopic (exact) mass is 376 g/mol. The summed E-state index contributed by atoms with van der Waals surface area (Å²) in [4.78, 5) is 29.9. The molecule has 0 radical (unpaired) electrons. The molecule has 1 aliphatic heterocycles. The van der Waals surface area contributed by atoms with E-state index in [1.54, 1.807) is 26.4 Å². The van der Waals surface area contributed by atoms with Crippen LogP contribution in [-0.4, -0.2) is 33.0 Å². The van der Waals surface area contributed by atoms with Gasteiger partial charge in [-0.05, 0) is 25.5 Å². The van der Waals surface area contributed by atoms with Crippen molar-refractivity contribution in [3.05, 3.63) is 58.7 Å². The third-order valence-electron chi connectivity index (χ3n) is 4.79. The third kappa shape index (κ3) is 3.13. The molecule has 1 atom stereocenters. The van der Waals surface area contributed by atoms with Crippen LogP contribution in [0.3, 0.4) is 0 Å². The highest BCUT2D eigenvalue weighted by molar-refractivity contribution is 5.98. The van der Waals surface area contributed by atoms with Crippen LogP contribution in [-0.2, 0) is 6.42 Å². The lowest BCUT2D eigenvalue weighted by atomic mass is 9.89. The summed E-state index contributed by atoms with van der Waals surface area (Å²) in [6.45, 7) is 3.77. The second kappa shape index (κ2) is 6.88. The van der Waals surface area contributed by atoms with Gasteiger partial charge >= 0.3 is 0 Å². The van der Waals surface area contributed by atoms with Gasteiger partial charge in [-0.3, -0.25) is 9.78 Å². The minimum atomic E-state index is -0.266. The van der Waals surface area contributed by atoms with Crippen LogP contribution in [0.1, 0.15) is 38.9 Å². The Kier molecular flexibility index (Phi) is 4.38. The van der Waals surface area contributed by atoms with Gasteiger partial charge < -0.3 is 15.8 Å². The van der Waals surface area contributed by atoms with E-state index in [-0.39, 0.29) is 17.9 Å². The molecular formula is C20H20N6O2. The highest BCUT2D eigenvalue weighted by atomic mass is 16.5. The minimum Gasteiger partial charge on any atom is -0.480 e. The number of amides is 1. The minimum absolute atomic E-state index is 0.174. The molecule has 0 fully saturated rings. The van der Waals surface area contributed by atoms with Crippen molar-refractivity contribution in [2.45, 2.75) is 26.3 Å². The Balaban J connectivity index is 1.81. The summed E-state index contributed by atoms with van der Waals surface area (Å²) < 4.78 is 5.21. The summed E-state index contributed by atoms with van der Waals surface area (Å²) in [5.41, 5.74) is 11.1. The Morgan fingerprint density at radius 3 is 2.79 bits per heavy atom. The largest absolute Gasteiger partial charge is 0.480 e. The maximum absolute atomic E-state index is 12.7. The molecule has 0 unspecified atom stereocenters. The number of aromatic nitrogens is 4. The van der Waals surface area contributed by atoms with Crippen LogP contribution in [0.5, 0.6) is 5.88 Å². The van der Waals surface area contributed by atoms with Crippen LogP contribution in [0, 0.1) is 13.8 Å². The molecule has 28 heavy (non-hydrogen) atoms. The number of hydrogen-bond acceptors (Lipinski definition) is 7. The fourth-order valence-corrected chi connectivity index (χ4v) is 3.53. The lowest BCUT2D eigenvalue weighted by Crippen LogP contribution is -2.37. The normalized spacial score (nSPS) is 15.7. The van der Waals surface area contributed by atoms with E-state index in [1.807, 2.05) is 25.1 Å². The van der Waals surface area contributed by atoms with Crippen LogP contribution in [0.15, 0.2) is 30.6 Å². The Labute approximate surface area is 162 Å². The fourth-order valence-electron chi connectivity index (χ4n) is 3.53. The quantitative estimate of drug-likeness (QED) is 0.719. The lowest BCUT2D eigenvalue weighted by Gasteiger charge is -2.27. The van der Waals surface area contributed by atoms with Crippen molar-refractivity contribution in [3.63, 3.8) is 0 Å². The zero-order valence-corrected chi connectivity index (χ0v) is 15.9. The standard InChI is InChI=1S/C20H20N6O2/c1-10-4-5-12(13(6-10)16-8-22-9-17(24-16)28-3)14-7-15-18(19(27)25-14)11(2)23-20(21)26-15/h4-6,8-9,14H,7H2,1-3H3,(H,25,27)(H2,21,23,26)/t14-/m1/s1. The number of benzene rings is 1. The highest BCUT2D eigenvalue weighted by Crippen LogP contribution is 2.33. The van der Waals surface area contributed by atoms with E-state index in [9.17, 15) is 4.79 Å². The van der Waals surface area contributed by atoms with Gasteiger partial charge in [0.05, 0.1) is 48.2 Å². The number of methoxy groups -OCH3 is 1. The summed E-state index contributed by atoms with van der Waals surface area (Å²) in [5.74, 6) is 0.401. The van der Waals surface area contributed by atoms with E-state index in [0.717, 1.165) is 16.7 Å². The van der Waals surface area contributed by atoms with Crippen LogP contribution in [0.4, 0.5) is 5.95 Å². The van der Waals surface area contributed by atoms with E-state index >= 15 is 0 Å². The Bertz CT molecular complexity index is 1080. The number of anilines is 1. The Morgan fingerprint density at radius 1 is 1.18 bits per heavy atom. The van der Waals surface area contributed by atoms with E-state index in [0.29, 0.717) is 34.9 Å². The zero-order valence-electron chi connectivity index (χ0n) is 15.9. The van der Waals surface area contributed by atoms with Crippen molar-refractivity contribution in [2.75, 3.05) is 12.8 Å². The summed E-state index contributed by atoms with van der Waals surface area (Å²) in [6.07, 6.45) is 3.76. The molecular weight excluding hydrogens is 356 g/mol. The maximum atomic E-state index is 12.7. The van der Waals surface area contributed by atoms with Crippen molar-refractivity contribution in [3.8, 4) is 17.1 Å². The first-order chi connectivity index (χ1) is 13.5. The Morgan fingerprint density at radius 2 is 2.00 bits per heavy atom. The molecule has 1 aromatic carbocycles. The molecule has 8 heteroatoms. The van der Waals surface area contributed by atoms with Crippen LogP contribution in [0.2, 0.25) is 0 Å². The topological polar surface area (TPSA) is 116 Å². The summed E-state index contributed by atoms with van der Waals surface area (Å²) in [6, 6.07) is 5.77. The van der Waals surface area contributed by atoms with E-state index in [4.69, 9.17) is 10.5 Å². The Hall–Kier alpha value is -3.55. The van der Waals surface area contributed by atoms with Gasteiger partial charge in [0.1, 0.15) is 0 Å². The molecule has 3 aromatic rings. The number of rotatable bonds is 3. The number of nitrogen functional groups attached to an aromatic ring is 1. The molecule has 2 aromatic heterocycles. The van der Waals surface area contributed by atoms with Crippen molar-refractivity contribution in [1.29, 1.82) is 0 Å². The average molecular weight is 376 g/mol. The molecule has 4 rings (SSSR count). The number of hydrogen-bond donors (Lipinski definition) is 2. The molecule has 0 spiro atoms. The molecule has 0 saturated carbocycles. The molecule has 3 N–H and O–H groups in total. The molecule has 0 saturated heterocycles. The van der Waals surface area contributed by atoms with Gasteiger partial charge in [-0.2, -0.15) is 0 Å². The highest BCUT2D eigenvalue weighted by Gasteiger charge is 2.30. The van der Waals surface area contributed by atoms with Crippen molar-refractivity contribution < 1.29 is 9.53 Å². The number of nitrogens with zero attached hydrogens (tertiary/aromatic N) is 4. The van der Waals surface area contributed by atoms with Gasteiger partial charge in [0, 0.05) is 12.0 Å². The second-order valence-electron chi connectivity index (χ2n) is 6.76. The molecule has 0 aliphatic carbocycles. The first-order valence-corrected chi connectivity index (χ1v) is 8.87. The van der Waals surface area contributed by atoms with E-state index < -0.39 is 0 Å². The number of carbonyl (C=O) groups is 1. The smallest absolute Gasteiger partial charge is 0.255 e. The number of nitrogens with one attached hydrogen (secondary N) is 1. The maximum Gasteiger partial charge on any atom is 0.255 e. The van der Waals surface area contributed by atoms with Gasteiger partial charge in [0.15, 0.2) is 0 Å². The van der Waals surface area contributed by atoms with Gasteiger partial charge in [0.2, 0.25) is 11.8 Å². The van der Waals surface area contributed by atoms with Crippen LogP contribution >= 0.6 is 0 Å². The van der Waals surface area contributed by atoms with Gasteiger partial charge in [-0.1, -0.05) is 17.7 Å².